The number of ether oxygens (including phenoxy) is 2. The van der Waals surface area contributed by atoms with Crippen LogP contribution in [0, 0.1) is 11.3 Å². The summed E-state index contributed by atoms with van der Waals surface area (Å²) in [5, 5.41) is 19.1. The molecule has 3 aromatic rings. The largest absolute Gasteiger partial charge is 0.507 e. The second-order valence-corrected chi connectivity index (χ2v) is 5.99. The van der Waals surface area contributed by atoms with Crippen molar-refractivity contribution >= 4 is 17.9 Å². The van der Waals surface area contributed by atoms with Gasteiger partial charge in [0.05, 0.1) is 29.5 Å². The molecule has 6 nitrogen and oxygen atoms in total. The van der Waals surface area contributed by atoms with Gasteiger partial charge in [0.25, 0.3) is 0 Å². The predicted octanol–water partition coefficient (Wildman–Crippen LogP) is 4.63. The Morgan fingerprint density at radius 3 is 2.55 bits per heavy atom. The van der Waals surface area contributed by atoms with Crippen molar-refractivity contribution in [3.05, 3.63) is 83.4 Å². The molecule has 0 saturated carbocycles. The van der Waals surface area contributed by atoms with Gasteiger partial charge in [0.2, 0.25) is 0 Å². The van der Waals surface area contributed by atoms with Gasteiger partial charge in [-0.2, -0.15) is 5.26 Å². The Morgan fingerprint density at radius 2 is 1.86 bits per heavy atom. The van der Waals surface area contributed by atoms with Crippen LogP contribution in [-0.4, -0.2) is 23.9 Å². The number of esters is 1. The van der Waals surface area contributed by atoms with E-state index in [1.165, 1.54) is 12.3 Å². The summed E-state index contributed by atoms with van der Waals surface area (Å²) >= 11 is 0. The third-order valence-electron chi connectivity index (χ3n) is 3.94. The zero-order chi connectivity index (χ0) is 20.6. The molecule has 6 heteroatoms. The van der Waals surface area contributed by atoms with Crippen molar-refractivity contribution in [3.63, 3.8) is 0 Å². The van der Waals surface area contributed by atoms with Gasteiger partial charge in [-0.05, 0) is 61.5 Å². The fourth-order valence-corrected chi connectivity index (χ4v) is 2.52. The van der Waals surface area contributed by atoms with Crippen molar-refractivity contribution in [3.8, 4) is 23.3 Å². The van der Waals surface area contributed by atoms with Crippen LogP contribution in [0.25, 0.3) is 0 Å². The molecule has 0 unspecified atom stereocenters. The van der Waals surface area contributed by atoms with Gasteiger partial charge in [-0.25, -0.2) is 4.79 Å². The fraction of sp³-hybridized carbons (Fsp3) is 0.0870. The van der Waals surface area contributed by atoms with Crippen molar-refractivity contribution < 1.29 is 19.4 Å². The van der Waals surface area contributed by atoms with Gasteiger partial charge in [0.15, 0.2) is 0 Å². The lowest BCUT2D eigenvalue weighted by atomic mass is 10.2. The van der Waals surface area contributed by atoms with Crippen molar-refractivity contribution in [1.82, 2.24) is 0 Å². The van der Waals surface area contributed by atoms with Crippen LogP contribution in [0.3, 0.4) is 0 Å². The summed E-state index contributed by atoms with van der Waals surface area (Å²) in [4.78, 5) is 16.5. The molecule has 0 radical (unpaired) electrons. The monoisotopic (exact) mass is 386 g/mol. The number of nitriles is 1. The van der Waals surface area contributed by atoms with Crippen LogP contribution in [0.15, 0.2) is 71.7 Å². The van der Waals surface area contributed by atoms with Crippen molar-refractivity contribution in [2.75, 3.05) is 6.61 Å². The summed E-state index contributed by atoms with van der Waals surface area (Å²) in [7, 11) is 0. The Balaban J connectivity index is 1.69. The minimum Gasteiger partial charge on any atom is -0.507 e. The Hall–Kier alpha value is -4.11. The highest BCUT2D eigenvalue weighted by Gasteiger charge is 2.10. The van der Waals surface area contributed by atoms with Crippen LogP contribution in [0.1, 0.15) is 28.4 Å². The molecule has 3 rings (SSSR count). The number of rotatable bonds is 6. The lowest BCUT2D eigenvalue weighted by molar-refractivity contribution is 0.0734. The SMILES string of the molecule is CCOc1ccc(C(=O)Oc2ccc(C=Nc3cccc(C#N)c3)c(O)c2)cc1. The molecular formula is C23H18N2O4. The van der Waals surface area contributed by atoms with Gasteiger partial charge in [-0.3, -0.25) is 4.99 Å². The van der Waals surface area contributed by atoms with E-state index in [4.69, 9.17) is 14.7 Å². The normalized spacial score (nSPS) is 10.5. The zero-order valence-corrected chi connectivity index (χ0v) is 15.7. The van der Waals surface area contributed by atoms with Gasteiger partial charge in [-0.15, -0.1) is 0 Å². The molecule has 0 atom stereocenters. The number of nitrogens with zero attached hydrogens (tertiary/aromatic N) is 2. The van der Waals surface area contributed by atoms with E-state index in [1.54, 1.807) is 60.7 Å². The Labute approximate surface area is 168 Å². The molecule has 0 heterocycles. The van der Waals surface area contributed by atoms with E-state index in [2.05, 4.69) is 4.99 Å². The number of phenols is 1. The molecule has 3 aromatic carbocycles. The molecule has 0 amide bonds. The molecule has 0 aliphatic rings. The maximum Gasteiger partial charge on any atom is 0.343 e. The van der Waals surface area contributed by atoms with E-state index >= 15 is 0 Å². The van der Waals surface area contributed by atoms with Crippen molar-refractivity contribution in [1.29, 1.82) is 5.26 Å². The maximum atomic E-state index is 12.3. The standard InChI is InChI=1S/C23H18N2O4/c1-2-28-20-9-6-17(7-10-20)23(27)29-21-11-8-18(22(26)13-21)15-25-19-5-3-4-16(12-19)14-24/h3-13,15,26H,2H2,1H3. The van der Waals surface area contributed by atoms with E-state index in [1.807, 2.05) is 13.0 Å². The van der Waals surface area contributed by atoms with Crippen LogP contribution in [0.2, 0.25) is 0 Å². The molecule has 0 aromatic heterocycles. The molecule has 0 aliphatic heterocycles. The van der Waals surface area contributed by atoms with E-state index in [9.17, 15) is 9.90 Å². The number of hydrogen-bond donors (Lipinski definition) is 1. The first-order valence-corrected chi connectivity index (χ1v) is 8.91. The van der Waals surface area contributed by atoms with Crippen LogP contribution in [0.5, 0.6) is 17.2 Å². The first-order valence-electron chi connectivity index (χ1n) is 8.91. The molecule has 0 fully saturated rings. The highest BCUT2D eigenvalue weighted by Crippen LogP contribution is 2.24. The smallest absolute Gasteiger partial charge is 0.343 e. The fourth-order valence-electron chi connectivity index (χ4n) is 2.52. The summed E-state index contributed by atoms with van der Waals surface area (Å²) in [6.45, 7) is 2.43. The maximum absolute atomic E-state index is 12.3. The van der Waals surface area contributed by atoms with Crippen LogP contribution >= 0.6 is 0 Å². The quantitative estimate of drug-likeness (QED) is 0.379. The predicted molar refractivity (Wildman–Crippen MR) is 109 cm³/mol. The second-order valence-electron chi connectivity index (χ2n) is 5.99. The number of aliphatic imine (C=N–C) groups is 1. The third-order valence-corrected chi connectivity index (χ3v) is 3.94. The van der Waals surface area contributed by atoms with Crippen molar-refractivity contribution in [2.45, 2.75) is 6.92 Å². The molecule has 0 bridgehead atoms. The van der Waals surface area contributed by atoms with Crippen LogP contribution < -0.4 is 9.47 Å². The second kappa shape index (κ2) is 9.20. The third kappa shape index (κ3) is 5.21. The average Bonchev–Trinajstić information content (AvgIpc) is 2.74. The number of carbonyl (C=O) groups excluding carboxylic acids is 1. The van der Waals surface area contributed by atoms with Crippen LogP contribution in [0.4, 0.5) is 5.69 Å². The lowest BCUT2D eigenvalue weighted by Crippen LogP contribution is -2.08. The van der Waals surface area contributed by atoms with Gasteiger partial charge >= 0.3 is 5.97 Å². The summed E-state index contributed by atoms with van der Waals surface area (Å²) in [5.74, 6) is 0.264. The lowest BCUT2D eigenvalue weighted by Gasteiger charge is -2.07. The molecule has 144 valence electrons. The molecule has 0 saturated heterocycles. The Bertz CT molecular complexity index is 1080. The topological polar surface area (TPSA) is 91.9 Å². The average molecular weight is 386 g/mol. The van der Waals surface area contributed by atoms with Gasteiger partial charge in [-0.1, -0.05) is 6.07 Å². The van der Waals surface area contributed by atoms with E-state index in [0.717, 1.165) is 0 Å². The molecule has 0 aliphatic carbocycles. The summed E-state index contributed by atoms with van der Waals surface area (Å²) in [6, 6.07) is 20.0. The first kappa shape index (κ1) is 19.6. The van der Waals surface area contributed by atoms with Gasteiger partial charge < -0.3 is 14.6 Å². The minimum atomic E-state index is -0.540. The van der Waals surface area contributed by atoms with Crippen LogP contribution in [-0.2, 0) is 0 Å². The summed E-state index contributed by atoms with van der Waals surface area (Å²) in [6.07, 6.45) is 1.48. The Morgan fingerprint density at radius 1 is 1.10 bits per heavy atom. The van der Waals surface area contributed by atoms with E-state index in [-0.39, 0.29) is 11.5 Å². The highest BCUT2D eigenvalue weighted by molar-refractivity contribution is 5.91. The highest BCUT2D eigenvalue weighted by atomic mass is 16.5. The molecular weight excluding hydrogens is 368 g/mol. The summed E-state index contributed by atoms with van der Waals surface area (Å²) < 4.78 is 10.7. The molecule has 1 N–H and O–H groups in total. The first-order chi connectivity index (χ1) is 14.1. The van der Waals surface area contributed by atoms with Crippen molar-refractivity contribution in [2.24, 2.45) is 4.99 Å². The van der Waals surface area contributed by atoms with Gasteiger partial charge in [0.1, 0.15) is 17.2 Å². The number of benzene rings is 3. The number of carbonyl (C=O) groups is 1. The number of aromatic hydroxyl groups is 1. The zero-order valence-electron chi connectivity index (χ0n) is 15.7. The van der Waals surface area contributed by atoms with E-state index in [0.29, 0.717) is 34.7 Å². The summed E-state index contributed by atoms with van der Waals surface area (Å²) in [5.41, 5.74) is 1.92. The Kier molecular flexibility index (Phi) is 6.23. The van der Waals surface area contributed by atoms with E-state index < -0.39 is 5.97 Å². The minimum absolute atomic E-state index is 0.0813. The van der Waals surface area contributed by atoms with Gasteiger partial charge in [0, 0.05) is 17.8 Å². The number of phenolic OH excluding ortho intramolecular Hbond substituents is 1. The number of hydrogen-bond acceptors (Lipinski definition) is 6. The molecule has 0 spiro atoms. The molecule has 29 heavy (non-hydrogen) atoms.